The molecule has 0 saturated heterocycles. The van der Waals surface area contributed by atoms with Crippen LogP contribution < -0.4 is 9.47 Å². The van der Waals surface area contributed by atoms with Crippen LogP contribution in [0.2, 0.25) is 0 Å². The molecule has 0 fully saturated rings. The number of carbonyl (C=O) groups is 4. The molecule has 218 valence electrons. The molecule has 4 aromatic carbocycles. The van der Waals surface area contributed by atoms with Crippen molar-refractivity contribution in [2.24, 2.45) is 0 Å². The van der Waals surface area contributed by atoms with Gasteiger partial charge in [-0.3, -0.25) is 10.1 Å². The number of aromatic carboxylic acids is 2. The van der Waals surface area contributed by atoms with Crippen LogP contribution in [0.5, 0.6) is 17.2 Å². The molecule has 4 rings (SSSR count). The van der Waals surface area contributed by atoms with Crippen molar-refractivity contribution in [1.29, 1.82) is 0 Å². The van der Waals surface area contributed by atoms with E-state index < -0.39 is 61.0 Å². The average Bonchev–Trinajstić information content (AvgIpc) is 2.97. The van der Waals surface area contributed by atoms with E-state index >= 15 is 0 Å². The molecule has 0 aliphatic carbocycles. The van der Waals surface area contributed by atoms with Gasteiger partial charge in [0.05, 0.1) is 37.0 Å². The van der Waals surface area contributed by atoms with Gasteiger partial charge in [-0.15, -0.1) is 0 Å². The Bertz CT molecular complexity index is 1900. The number of benzene rings is 4. The Labute approximate surface area is 241 Å². The lowest BCUT2D eigenvalue weighted by molar-refractivity contribution is -0.384. The van der Waals surface area contributed by atoms with Crippen LogP contribution in [0, 0.1) is 10.1 Å². The molecule has 0 unspecified atom stereocenters. The number of phenols is 1. The van der Waals surface area contributed by atoms with E-state index in [4.69, 9.17) is 9.47 Å². The minimum atomic E-state index is -4.12. The Morgan fingerprint density at radius 2 is 1.05 bits per heavy atom. The molecular formula is C28H17NO13S. The number of aromatic hydroxyl groups is 1. The molecule has 14 nitrogen and oxygen atoms in total. The van der Waals surface area contributed by atoms with E-state index in [1.54, 1.807) is 0 Å². The van der Waals surface area contributed by atoms with Gasteiger partial charge in [-0.1, -0.05) is 0 Å². The van der Waals surface area contributed by atoms with Gasteiger partial charge >= 0.3 is 23.9 Å². The summed E-state index contributed by atoms with van der Waals surface area (Å²) in [5, 5.41) is 39.0. The van der Waals surface area contributed by atoms with Gasteiger partial charge in [0.2, 0.25) is 9.84 Å². The van der Waals surface area contributed by atoms with Crippen molar-refractivity contribution in [1.82, 2.24) is 0 Å². The summed E-state index contributed by atoms with van der Waals surface area (Å²) in [6.45, 7) is 0. The van der Waals surface area contributed by atoms with Crippen LogP contribution in [0.1, 0.15) is 41.4 Å². The Kier molecular flexibility index (Phi) is 8.20. The van der Waals surface area contributed by atoms with Gasteiger partial charge in [-0.2, -0.15) is 0 Å². The number of non-ortho nitro benzene ring substituents is 1. The summed E-state index contributed by atoms with van der Waals surface area (Å²) >= 11 is 0. The molecule has 0 heterocycles. The molecular weight excluding hydrogens is 590 g/mol. The molecule has 0 amide bonds. The van der Waals surface area contributed by atoms with E-state index in [1.807, 2.05) is 0 Å². The van der Waals surface area contributed by atoms with Crippen molar-refractivity contribution in [2.45, 2.75) is 9.79 Å². The second-order valence-corrected chi connectivity index (χ2v) is 10.5. The number of rotatable bonds is 9. The van der Waals surface area contributed by atoms with Crippen molar-refractivity contribution in [3.8, 4) is 17.2 Å². The number of hydrogen-bond acceptors (Lipinski definition) is 11. The number of carboxylic acid groups (broad SMARTS) is 2. The zero-order valence-corrected chi connectivity index (χ0v) is 22.2. The van der Waals surface area contributed by atoms with Crippen LogP contribution in [0.15, 0.2) is 94.7 Å². The fourth-order valence-corrected chi connectivity index (χ4v) is 4.98. The van der Waals surface area contributed by atoms with Crippen LogP contribution in [0.4, 0.5) is 5.69 Å². The van der Waals surface area contributed by atoms with Gasteiger partial charge in [0, 0.05) is 12.1 Å². The molecule has 0 aliphatic rings. The zero-order valence-electron chi connectivity index (χ0n) is 21.4. The number of carboxylic acids is 2. The number of phenolic OH excluding ortho intramolecular Hbond substituents is 1. The van der Waals surface area contributed by atoms with Crippen LogP contribution in [-0.2, 0) is 9.84 Å². The van der Waals surface area contributed by atoms with Gasteiger partial charge < -0.3 is 24.8 Å². The summed E-state index contributed by atoms with van der Waals surface area (Å²) in [4.78, 5) is 57.5. The van der Waals surface area contributed by atoms with Crippen LogP contribution in [-0.4, -0.2) is 52.5 Å². The number of esters is 2. The summed E-state index contributed by atoms with van der Waals surface area (Å²) in [5.41, 5.74) is -2.48. The zero-order chi connectivity index (χ0) is 31.5. The fourth-order valence-electron chi connectivity index (χ4n) is 3.72. The number of sulfone groups is 1. The van der Waals surface area contributed by atoms with E-state index in [9.17, 15) is 53.0 Å². The number of hydrogen-bond donors (Lipinski definition) is 3. The molecule has 0 aliphatic heterocycles. The second kappa shape index (κ2) is 11.8. The molecule has 4 aromatic rings. The SMILES string of the molecule is O=C(O)c1cc(O)ccc1C(=O)Oc1ccc(S(=O)(=O)c2ccc(OC(=O)c3ccc([N+](=O)[O-])cc3C(=O)O)cc2)cc1. The van der Waals surface area contributed by atoms with Gasteiger partial charge in [0.15, 0.2) is 0 Å². The third-order valence-electron chi connectivity index (χ3n) is 5.81. The first-order valence-electron chi connectivity index (χ1n) is 11.8. The molecule has 0 radical (unpaired) electrons. The highest BCUT2D eigenvalue weighted by Crippen LogP contribution is 2.27. The van der Waals surface area contributed by atoms with Crippen molar-refractivity contribution in [3.05, 3.63) is 117 Å². The lowest BCUT2D eigenvalue weighted by Gasteiger charge is -2.10. The number of ether oxygens (including phenoxy) is 2. The quantitative estimate of drug-likeness (QED) is 0.106. The number of nitro groups is 1. The van der Waals surface area contributed by atoms with Crippen LogP contribution >= 0.6 is 0 Å². The van der Waals surface area contributed by atoms with E-state index in [1.165, 1.54) is 12.1 Å². The van der Waals surface area contributed by atoms with Crippen LogP contribution in [0.25, 0.3) is 0 Å². The molecule has 43 heavy (non-hydrogen) atoms. The second-order valence-electron chi connectivity index (χ2n) is 8.55. The summed E-state index contributed by atoms with van der Waals surface area (Å²) < 4.78 is 36.4. The standard InChI is InChI=1S/C28H17NO13S/c30-16-2-12-22(24(14-16)26(33)34)28(36)42-18-5-9-20(10-6-18)43(39,40)19-7-3-17(4-8-19)41-27(35)21-11-1-15(29(37)38)13-23(21)25(31)32/h1-14,30H,(H,31,32)(H,33,34). The number of nitro benzene ring substituents is 1. The van der Waals surface area contributed by atoms with E-state index in [2.05, 4.69) is 0 Å². The van der Waals surface area contributed by atoms with E-state index in [-0.39, 0.29) is 32.6 Å². The lowest BCUT2D eigenvalue weighted by Crippen LogP contribution is -2.14. The Morgan fingerprint density at radius 1 is 0.628 bits per heavy atom. The lowest BCUT2D eigenvalue weighted by atomic mass is 10.1. The predicted molar refractivity (Wildman–Crippen MR) is 143 cm³/mol. The largest absolute Gasteiger partial charge is 0.508 e. The highest BCUT2D eigenvalue weighted by molar-refractivity contribution is 7.91. The van der Waals surface area contributed by atoms with Crippen molar-refractivity contribution < 1.29 is 57.3 Å². The molecule has 0 saturated carbocycles. The highest BCUT2D eigenvalue weighted by Gasteiger charge is 2.24. The van der Waals surface area contributed by atoms with Gasteiger partial charge in [-0.05, 0) is 72.8 Å². The summed E-state index contributed by atoms with van der Waals surface area (Å²) in [5.74, 6) is -5.87. The van der Waals surface area contributed by atoms with E-state index in [0.717, 1.165) is 66.7 Å². The molecule has 0 atom stereocenters. The topological polar surface area (TPSA) is 225 Å². The van der Waals surface area contributed by atoms with Crippen molar-refractivity contribution in [3.63, 3.8) is 0 Å². The van der Waals surface area contributed by atoms with Gasteiger partial charge in [-0.25, -0.2) is 27.6 Å². The van der Waals surface area contributed by atoms with E-state index in [0.29, 0.717) is 6.07 Å². The Morgan fingerprint density at radius 3 is 1.47 bits per heavy atom. The van der Waals surface area contributed by atoms with Gasteiger partial charge in [0.1, 0.15) is 17.2 Å². The minimum absolute atomic E-state index is 0.0948. The van der Waals surface area contributed by atoms with Gasteiger partial charge in [0.25, 0.3) is 5.69 Å². The smallest absolute Gasteiger partial charge is 0.344 e. The summed E-state index contributed by atoms with van der Waals surface area (Å²) in [7, 11) is -4.12. The number of carbonyl (C=O) groups excluding carboxylic acids is 2. The maximum Gasteiger partial charge on any atom is 0.344 e. The third-order valence-corrected chi connectivity index (χ3v) is 7.59. The Hall–Kier alpha value is -6.09. The average molecular weight is 608 g/mol. The Balaban J connectivity index is 1.48. The normalized spacial score (nSPS) is 10.9. The molecule has 15 heteroatoms. The molecule has 0 spiro atoms. The predicted octanol–water partition coefficient (Wildman–Crippen LogP) is 3.97. The van der Waals surface area contributed by atoms with Crippen molar-refractivity contribution in [2.75, 3.05) is 0 Å². The molecule has 0 bridgehead atoms. The van der Waals surface area contributed by atoms with Crippen LogP contribution in [0.3, 0.4) is 0 Å². The molecule has 0 aromatic heterocycles. The maximum absolute atomic E-state index is 13.1. The van der Waals surface area contributed by atoms with Crippen molar-refractivity contribution >= 4 is 39.4 Å². The molecule has 3 N–H and O–H groups in total. The highest BCUT2D eigenvalue weighted by atomic mass is 32.2. The fraction of sp³-hybridized carbons (Fsp3) is 0. The maximum atomic E-state index is 13.1. The minimum Gasteiger partial charge on any atom is -0.508 e. The first-order valence-corrected chi connectivity index (χ1v) is 13.2. The monoisotopic (exact) mass is 607 g/mol. The first-order chi connectivity index (χ1) is 20.3. The number of nitrogens with zero attached hydrogens (tertiary/aromatic N) is 1. The first kappa shape index (κ1) is 29.9. The third kappa shape index (κ3) is 6.47. The summed E-state index contributed by atoms with van der Waals surface area (Å²) in [6.07, 6.45) is 0. The summed E-state index contributed by atoms with van der Waals surface area (Å²) in [6, 6.07) is 14.8.